The van der Waals surface area contributed by atoms with Crippen LogP contribution in [0, 0.1) is 5.92 Å². The Morgan fingerprint density at radius 2 is 2.18 bits per heavy atom. The number of thioether (sulfide) groups is 1. The quantitative estimate of drug-likeness (QED) is 0.760. The minimum atomic E-state index is 0.0402. The lowest BCUT2D eigenvalue weighted by Gasteiger charge is -2.23. The molecule has 1 rings (SSSR count). The molecule has 0 aliphatic carbocycles. The van der Waals surface area contributed by atoms with Crippen molar-refractivity contribution >= 4 is 17.7 Å². The van der Waals surface area contributed by atoms with Gasteiger partial charge >= 0.3 is 0 Å². The monoisotopic (exact) mass is 258 g/mol. The van der Waals surface area contributed by atoms with E-state index in [0.717, 1.165) is 31.6 Å². The Morgan fingerprint density at radius 3 is 2.71 bits per heavy atom. The van der Waals surface area contributed by atoms with E-state index in [1.165, 1.54) is 0 Å². The molecule has 4 heteroatoms. The molecule has 1 aliphatic rings. The van der Waals surface area contributed by atoms with Crippen LogP contribution in [0.2, 0.25) is 0 Å². The van der Waals surface area contributed by atoms with Crippen molar-refractivity contribution in [2.24, 2.45) is 5.92 Å². The van der Waals surface area contributed by atoms with Gasteiger partial charge in [0.1, 0.15) is 0 Å². The number of rotatable bonds is 7. The van der Waals surface area contributed by atoms with Gasteiger partial charge in [-0.3, -0.25) is 10.1 Å². The van der Waals surface area contributed by atoms with Crippen molar-refractivity contribution < 1.29 is 4.79 Å². The van der Waals surface area contributed by atoms with Crippen LogP contribution in [0.5, 0.6) is 0 Å². The third-order valence-electron chi connectivity index (χ3n) is 3.61. The zero-order valence-corrected chi connectivity index (χ0v) is 12.3. The molecule has 1 N–H and O–H groups in total. The first kappa shape index (κ1) is 14.8. The van der Waals surface area contributed by atoms with Gasteiger partial charge in [0.05, 0.1) is 12.2 Å². The highest BCUT2D eigenvalue weighted by Gasteiger charge is 2.39. The van der Waals surface area contributed by atoms with Crippen LogP contribution >= 0.6 is 11.8 Å². The second-order valence-electron chi connectivity index (χ2n) is 4.86. The predicted octanol–water partition coefficient (Wildman–Crippen LogP) is 2.32. The summed E-state index contributed by atoms with van der Waals surface area (Å²) in [5.41, 5.74) is 0. The van der Waals surface area contributed by atoms with Gasteiger partial charge in [-0.1, -0.05) is 33.6 Å². The van der Waals surface area contributed by atoms with Gasteiger partial charge in [-0.15, -0.1) is 0 Å². The fourth-order valence-corrected chi connectivity index (χ4v) is 2.69. The van der Waals surface area contributed by atoms with E-state index in [4.69, 9.17) is 0 Å². The maximum absolute atomic E-state index is 12.4. The van der Waals surface area contributed by atoms with Gasteiger partial charge in [0.15, 0.2) is 0 Å². The van der Waals surface area contributed by atoms with Crippen LogP contribution in [0.15, 0.2) is 0 Å². The van der Waals surface area contributed by atoms with Gasteiger partial charge in [0.25, 0.3) is 0 Å². The topological polar surface area (TPSA) is 32.3 Å². The Bertz CT molecular complexity index is 248. The summed E-state index contributed by atoms with van der Waals surface area (Å²) < 4.78 is 0. The Labute approximate surface area is 110 Å². The van der Waals surface area contributed by atoms with Crippen molar-refractivity contribution in [3.63, 3.8) is 0 Å². The molecular formula is C13H26N2OS. The number of hydrogen-bond donors (Lipinski definition) is 1. The third-order valence-corrected chi connectivity index (χ3v) is 4.20. The lowest BCUT2D eigenvalue weighted by Crippen LogP contribution is -2.38. The first-order valence-electron chi connectivity index (χ1n) is 6.71. The average Bonchev–Trinajstić information content (AvgIpc) is 2.63. The van der Waals surface area contributed by atoms with E-state index < -0.39 is 0 Å². The molecule has 0 spiro atoms. The van der Waals surface area contributed by atoms with Gasteiger partial charge in [-0.05, 0) is 18.6 Å². The normalized spacial score (nSPS) is 26.6. The van der Waals surface area contributed by atoms with Crippen molar-refractivity contribution in [3.05, 3.63) is 0 Å². The molecule has 0 bridgehead atoms. The van der Waals surface area contributed by atoms with Crippen LogP contribution in [0.1, 0.15) is 40.0 Å². The van der Waals surface area contributed by atoms with Gasteiger partial charge in [-0.25, -0.2) is 0 Å². The summed E-state index contributed by atoms with van der Waals surface area (Å²) >= 11 is 1.80. The molecule has 3 unspecified atom stereocenters. The maximum Gasteiger partial charge on any atom is 0.241 e. The van der Waals surface area contributed by atoms with Crippen molar-refractivity contribution in [3.8, 4) is 0 Å². The molecule has 17 heavy (non-hydrogen) atoms. The van der Waals surface area contributed by atoms with Gasteiger partial charge in [-0.2, -0.15) is 11.8 Å². The number of carbonyl (C=O) groups is 1. The lowest BCUT2D eigenvalue weighted by atomic mass is 9.99. The van der Waals surface area contributed by atoms with Crippen molar-refractivity contribution in [1.82, 2.24) is 10.2 Å². The Hall–Kier alpha value is -0.220. The molecule has 1 fully saturated rings. The fourth-order valence-electron chi connectivity index (χ4n) is 2.31. The minimum absolute atomic E-state index is 0.0402. The average molecular weight is 258 g/mol. The molecule has 1 amide bonds. The van der Waals surface area contributed by atoms with Crippen LogP contribution in [-0.2, 0) is 4.79 Å². The summed E-state index contributed by atoms with van der Waals surface area (Å²) in [7, 11) is 0. The summed E-state index contributed by atoms with van der Waals surface area (Å²) in [6.45, 7) is 7.37. The zero-order valence-electron chi connectivity index (χ0n) is 11.5. The number of carbonyl (C=O) groups excluding carboxylic acids is 1. The summed E-state index contributed by atoms with van der Waals surface area (Å²) in [6.07, 6.45) is 5.59. The third kappa shape index (κ3) is 3.62. The summed E-state index contributed by atoms with van der Waals surface area (Å²) in [5.74, 6) is 1.77. The van der Waals surface area contributed by atoms with Gasteiger partial charge in [0.2, 0.25) is 5.91 Å². The highest BCUT2D eigenvalue weighted by Crippen LogP contribution is 2.21. The summed E-state index contributed by atoms with van der Waals surface area (Å²) in [4.78, 5) is 14.4. The van der Waals surface area contributed by atoms with E-state index in [1.807, 2.05) is 0 Å². The Balaban J connectivity index is 2.67. The minimum Gasteiger partial charge on any atom is -0.325 e. The summed E-state index contributed by atoms with van der Waals surface area (Å²) in [5, 5.41) is 3.52. The SMILES string of the molecule is CCCC1NC(C(C)CC)C(=O)N1CCSC. The molecule has 3 nitrogen and oxygen atoms in total. The standard InChI is InChI=1S/C13H26N2OS/c1-5-7-11-14-12(10(3)6-2)13(16)15(11)8-9-17-4/h10-12,14H,5-9H2,1-4H3. The molecule has 1 heterocycles. The molecule has 100 valence electrons. The fraction of sp³-hybridized carbons (Fsp3) is 0.923. The second kappa shape index (κ2) is 7.27. The first-order valence-corrected chi connectivity index (χ1v) is 8.10. The van der Waals surface area contributed by atoms with Crippen LogP contribution in [0.3, 0.4) is 0 Å². The van der Waals surface area contributed by atoms with Crippen molar-refractivity contribution in [2.75, 3.05) is 18.6 Å². The number of nitrogens with zero attached hydrogens (tertiary/aromatic N) is 1. The highest BCUT2D eigenvalue weighted by molar-refractivity contribution is 7.98. The van der Waals surface area contributed by atoms with E-state index in [0.29, 0.717) is 11.8 Å². The number of hydrogen-bond acceptors (Lipinski definition) is 3. The molecule has 1 saturated heterocycles. The molecule has 0 saturated carbocycles. The van der Waals surface area contributed by atoms with E-state index >= 15 is 0 Å². The van der Waals surface area contributed by atoms with Crippen molar-refractivity contribution in [1.29, 1.82) is 0 Å². The first-order chi connectivity index (χ1) is 8.15. The predicted molar refractivity (Wildman–Crippen MR) is 75.2 cm³/mol. The molecule has 0 aromatic carbocycles. The number of nitrogens with one attached hydrogen (secondary N) is 1. The molecular weight excluding hydrogens is 232 g/mol. The lowest BCUT2D eigenvalue weighted by molar-refractivity contribution is -0.130. The second-order valence-corrected chi connectivity index (χ2v) is 5.84. The molecule has 1 aliphatic heterocycles. The Kier molecular flexibility index (Phi) is 6.34. The largest absolute Gasteiger partial charge is 0.325 e. The smallest absolute Gasteiger partial charge is 0.241 e. The van der Waals surface area contributed by atoms with Crippen LogP contribution < -0.4 is 5.32 Å². The van der Waals surface area contributed by atoms with E-state index in [-0.39, 0.29) is 12.2 Å². The van der Waals surface area contributed by atoms with E-state index in [9.17, 15) is 4.79 Å². The maximum atomic E-state index is 12.4. The van der Waals surface area contributed by atoms with Gasteiger partial charge < -0.3 is 4.90 Å². The number of amides is 1. The van der Waals surface area contributed by atoms with Crippen molar-refractivity contribution in [2.45, 2.75) is 52.2 Å². The zero-order chi connectivity index (χ0) is 12.8. The van der Waals surface area contributed by atoms with Crippen LogP contribution in [0.4, 0.5) is 0 Å². The van der Waals surface area contributed by atoms with E-state index in [2.05, 4.69) is 37.2 Å². The summed E-state index contributed by atoms with van der Waals surface area (Å²) in [6, 6.07) is 0.0402. The van der Waals surface area contributed by atoms with Gasteiger partial charge in [0, 0.05) is 12.3 Å². The molecule has 0 aromatic heterocycles. The Morgan fingerprint density at radius 1 is 1.47 bits per heavy atom. The highest BCUT2D eigenvalue weighted by atomic mass is 32.2. The van der Waals surface area contributed by atoms with Crippen LogP contribution in [-0.4, -0.2) is 41.6 Å². The molecule has 0 aromatic rings. The molecule has 0 radical (unpaired) electrons. The van der Waals surface area contributed by atoms with Crippen LogP contribution in [0.25, 0.3) is 0 Å². The van der Waals surface area contributed by atoms with E-state index in [1.54, 1.807) is 11.8 Å². The molecule has 3 atom stereocenters.